The number of hydrogen-bond donors (Lipinski definition) is 2. The minimum absolute atomic E-state index is 0.186. The fraction of sp³-hybridized carbons (Fsp3) is 0.154. The fourth-order valence-electron chi connectivity index (χ4n) is 1.62. The molecule has 3 N–H and O–H groups in total. The van der Waals surface area contributed by atoms with E-state index in [1.807, 2.05) is 30.3 Å². The van der Waals surface area contributed by atoms with Gasteiger partial charge in [0.05, 0.1) is 11.7 Å². The summed E-state index contributed by atoms with van der Waals surface area (Å²) in [4.78, 5) is 4.20. The van der Waals surface area contributed by atoms with Gasteiger partial charge in [-0.05, 0) is 30.2 Å². The molecule has 0 fully saturated rings. The Balaban J connectivity index is 2.14. The van der Waals surface area contributed by atoms with Crippen LogP contribution in [0.5, 0.6) is 5.75 Å². The number of nitrogens with zero attached hydrogens (tertiary/aromatic N) is 1. The summed E-state index contributed by atoms with van der Waals surface area (Å²) in [5.74, 6) is 0.286. The van der Waals surface area contributed by atoms with Crippen LogP contribution >= 0.6 is 0 Å². The van der Waals surface area contributed by atoms with Gasteiger partial charge >= 0.3 is 0 Å². The molecule has 0 aliphatic rings. The van der Waals surface area contributed by atoms with Gasteiger partial charge in [0.15, 0.2) is 0 Å². The average molecular weight is 214 g/mol. The Hall–Kier alpha value is -1.87. The van der Waals surface area contributed by atoms with Crippen LogP contribution < -0.4 is 5.73 Å². The standard InChI is InChI=1S/C13H14N2O/c14-11(12-6-3-4-8-15-12)9-10-5-1-2-7-13(10)16/h1-8,11,16H,9,14H2. The Morgan fingerprint density at radius 3 is 2.56 bits per heavy atom. The number of nitrogens with two attached hydrogens (primary N) is 1. The molecule has 3 heteroatoms. The Bertz CT molecular complexity index is 456. The maximum Gasteiger partial charge on any atom is 0.118 e. The van der Waals surface area contributed by atoms with Gasteiger partial charge in [0.1, 0.15) is 5.75 Å². The van der Waals surface area contributed by atoms with E-state index in [9.17, 15) is 5.11 Å². The number of aromatic nitrogens is 1. The summed E-state index contributed by atoms with van der Waals surface area (Å²) in [6, 6.07) is 12.7. The predicted molar refractivity (Wildman–Crippen MR) is 63.0 cm³/mol. The number of hydrogen-bond acceptors (Lipinski definition) is 3. The van der Waals surface area contributed by atoms with Crippen LogP contribution in [0, 0.1) is 0 Å². The molecule has 1 aromatic heterocycles. The highest BCUT2D eigenvalue weighted by Gasteiger charge is 2.09. The summed E-state index contributed by atoms with van der Waals surface area (Å²) in [5, 5.41) is 9.63. The van der Waals surface area contributed by atoms with Crippen molar-refractivity contribution in [1.82, 2.24) is 4.98 Å². The van der Waals surface area contributed by atoms with Crippen LogP contribution in [-0.4, -0.2) is 10.1 Å². The smallest absolute Gasteiger partial charge is 0.118 e. The number of pyridine rings is 1. The van der Waals surface area contributed by atoms with Gasteiger partial charge in [-0.2, -0.15) is 0 Å². The first kappa shape index (κ1) is 10.6. The molecule has 1 atom stereocenters. The fourth-order valence-corrected chi connectivity index (χ4v) is 1.62. The monoisotopic (exact) mass is 214 g/mol. The molecule has 1 aromatic carbocycles. The van der Waals surface area contributed by atoms with Gasteiger partial charge in [-0.15, -0.1) is 0 Å². The lowest BCUT2D eigenvalue weighted by Gasteiger charge is -2.11. The largest absolute Gasteiger partial charge is 0.508 e. The zero-order chi connectivity index (χ0) is 11.4. The molecule has 0 radical (unpaired) electrons. The van der Waals surface area contributed by atoms with Crippen LogP contribution in [0.3, 0.4) is 0 Å². The molecule has 0 saturated carbocycles. The van der Waals surface area contributed by atoms with Crippen LogP contribution in [0.1, 0.15) is 17.3 Å². The Labute approximate surface area is 94.6 Å². The molecule has 0 aliphatic heterocycles. The minimum atomic E-state index is -0.186. The second-order valence-electron chi connectivity index (χ2n) is 3.69. The molecule has 2 rings (SSSR count). The zero-order valence-corrected chi connectivity index (χ0v) is 8.88. The lowest BCUT2D eigenvalue weighted by Crippen LogP contribution is -2.14. The molecule has 0 spiro atoms. The molecule has 0 bridgehead atoms. The minimum Gasteiger partial charge on any atom is -0.508 e. The number of phenolic OH excluding ortho intramolecular Hbond substituents is 1. The Kier molecular flexibility index (Phi) is 3.17. The number of phenols is 1. The SMILES string of the molecule is NC(Cc1ccccc1O)c1ccccn1. The van der Waals surface area contributed by atoms with E-state index in [2.05, 4.69) is 4.98 Å². The molecule has 1 heterocycles. The zero-order valence-electron chi connectivity index (χ0n) is 8.88. The second-order valence-corrected chi connectivity index (χ2v) is 3.69. The molecule has 0 saturated heterocycles. The van der Waals surface area contributed by atoms with Crippen LogP contribution in [0.2, 0.25) is 0 Å². The molecule has 2 aromatic rings. The average Bonchev–Trinajstić information content (AvgIpc) is 2.33. The van der Waals surface area contributed by atoms with E-state index in [1.54, 1.807) is 18.3 Å². The highest BCUT2D eigenvalue weighted by atomic mass is 16.3. The van der Waals surface area contributed by atoms with Gasteiger partial charge in [0, 0.05) is 6.20 Å². The number of rotatable bonds is 3. The van der Waals surface area contributed by atoms with Crippen LogP contribution in [-0.2, 0) is 6.42 Å². The van der Waals surface area contributed by atoms with E-state index < -0.39 is 0 Å². The lowest BCUT2D eigenvalue weighted by atomic mass is 10.0. The van der Waals surface area contributed by atoms with Gasteiger partial charge in [-0.3, -0.25) is 4.98 Å². The third-order valence-electron chi connectivity index (χ3n) is 2.50. The van der Waals surface area contributed by atoms with Gasteiger partial charge < -0.3 is 10.8 Å². The highest BCUT2D eigenvalue weighted by Crippen LogP contribution is 2.21. The normalized spacial score (nSPS) is 12.3. The van der Waals surface area contributed by atoms with Crippen molar-refractivity contribution < 1.29 is 5.11 Å². The van der Waals surface area contributed by atoms with Crippen molar-refractivity contribution in [3.8, 4) is 5.75 Å². The third kappa shape index (κ3) is 2.38. The summed E-state index contributed by atoms with van der Waals surface area (Å²) < 4.78 is 0. The summed E-state index contributed by atoms with van der Waals surface area (Å²) in [7, 11) is 0. The van der Waals surface area contributed by atoms with E-state index in [4.69, 9.17) is 5.73 Å². The number of benzene rings is 1. The maximum absolute atomic E-state index is 9.63. The van der Waals surface area contributed by atoms with Crippen molar-refractivity contribution in [3.05, 3.63) is 59.9 Å². The highest BCUT2D eigenvalue weighted by molar-refractivity contribution is 5.33. The van der Waals surface area contributed by atoms with Gasteiger partial charge in [0.25, 0.3) is 0 Å². The Morgan fingerprint density at radius 1 is 1.12 bits per heavy atom. The molecule has 1 unspecified atom stereocenters. The van der Waals surface area contributed by atoms with E-state index >= 15 is 0 Å². The van der Waals surface area contributed by atoms with E-state index in [0.717, 1.165) is 11.3 Å². The maximum atomic E-state index is 9.63. The number of para-hydroxylation sites is 1. The third-order valence-corrected chi connectivity index (χ3v) is 2.50. The summed E-state index contributed by atoms with van der Waals surface area (Å²) >= 11 is 0. The molecule has 0 aliphatic carbocycles. The lowest BCUT2D eigenvalue weighted by molar-refractivity contribution is 0.465. The molecule has 3 nitrogen and oxygen atoms in total. The van der Waals surface area contributed by atoms with E-state index in [-0.39, 0.29) is 11.8 Å². The van der Waals surface area contributed by atoms with Crippen molar-refractivity contribution in [2.45, 2.75) is 12.5 Å². The molecular weight excluding hydrogens is 200 g/mol. The second kappa shape index (κ2) is 4.77. The summed E-state index contributed by atoms with van der Waals surface area (Å²) in [6.07, 6.45) is 2.31. The van der Waals surface area contributed by atoms with E-state index in [0.29, 0.717) is 6.42 Å². The molecular formula is C13H14N2O. The topological polar surface area (TPSA) is 59.1 Å². The molecule has 16 heavy (non-hydrogen) atoms. The van der Waals surface area contributed by atoms with Crippen molar-refractivity contribution in [1.29, 1.82) is 0 Å². The summed E-state index contributed by atoms with van der Waals surface area (Å²) in [5.41, 5.74) is 7.71. The number of aromatic hydroxyl groups is 1. The Morgan fingerprint density at radius 2 is 1.88 bits per heavy atom. The van der Waals surface area contributed by atoms with Gasteiger partial charge in [0.2, 0.25) is 0 Å². The quantitative estimate of drug-likeness (QED) is 0.821. The van der Waals surface area contributed by atoms with Gasteiger partial charge in [-0.1, -0.05) is 24.3 Å². The van der Waals surface area contributed by atoms with Crippen LogP contribution in [0.15, 0.2) is 48.7 Å². The first-order valence-corrected chi connectivity index (χ1v) is 5.21. The first-order valence-electron chi connectivity index (χ1n) is 5.21. The van der Waals surface area contributed by atoms with Crippen LogP contribution in [0.4, 0.5) is 0 Å². The van der Waals surface area contributed by atoms with Crippen molar-refractivity contribution >= 4 is 0 Å². The molecule has 82 valence electrons. The van der Waals surface area contributed by atoms with E-state index in [1.165, 1.54) is 0 Å². The van der Waals surface area contributed by atoms with Gasteiger partial charge in [-0.25, -0.2) is 0 Å². The molecule has 0 amide bonds. The summed E-state index contributed by atoms with van der Waals surface area (Å²) in [6.45, 7) is 0. The van der Waals surface area contributed by atoms with Crippen molar-refractivity contribution in [2.75, 3.05) is 0 Å². The van der Waals surface area contributed by atoms with Crippen molar-refractivity contribution in [3.63, 3.8) is 0 Å². The van der Waals surface area contributed by atoms with Crippen molar-refractivity contribution in [2.24, 2.45) is 5.73 Å². The predicted octanol–water partition coefficient (Wildman–Crippen LogP) is 2.03. The first-order chi connectivity index (χ1) is 7.77. The van der Waals surface area contributed by atoms with Crippen LogP contribution in [0.25, 0.3) is 0 Å².